The third-order valence-electron chi connectivity index (χ3n) is 6.61. The molecule has 8 nitrogen and oxygen atoms in total. The molecule has 0 unspecified atom stereocenters. The van der Waals surface area contributed by atoms with Crippen LogP contribution in [-0.4, -0.2) is 108 Å². The quantitative estimate of drug-likeness (QED) is 0.708. The minimum atomic E-state index is -0.976. The molecule has 8 heteroatoms. The van der Waals surface area contributed by atoms with Crippen LogP contribution in [0.4, 0.5) is 0 Å². The summed E-state index contributed by atoms with van der Waals surface area (Å²) in [5.74, 6) is -0.834. The summed E-state index contributed by atoms with van der Waals surface area (Å²) in [6, 6.07) is 15.6. The smallest absolute Gasteiger partial charge is 0.335 e. The fraction of sp³-hybridized carbons (Fsp3) is 0.444. The van der Waals surface area contributed by atoms with E-state index in [9.17, 15) is 14.4 Å². The molecule has 0 spiro atoms. The fourth-order valence-electron chi connectivity index (χ4n) is 4.24. The molecule has 2 heterocycles. The van der Waals surface area contributed by atoms with Crippen molar-refractivity contribution in [2.24, 2.45) is 0 Å². The van der Waals surface area contributed by atoms with Gasteiger partial charge in [0.2, 0.25) is 0 Å². The number of likely N-dealkylation sites (N-methyl/N-ethyl adjacent to an activating group) is 2. The van der Waals surface area contributed by atoms with E-state index in [0.717, 1.165) is 71.0 Å². The van der Waals surface area contributed by atoms with E-state index in [-0.39, 0.29) is 17.4 Å². The molecule has 0 bridgehead atoms. The lowest BCUT2D eigenvalue weighted by molar-refractivity contribution is 0.0636. The lowest BCUT2D eigenvalue weighted by atomic mass is 10.1. The molecule has 0 radical (unpaired) electrons. The number of aromatic carboxylic acids is 1. The Morgan fingerprint density at radius 2 is 0.971 bits per heavy atom. The molecule has 0 saturated carbocycles. The summed E-state index contributed by atoms with van der Waals surface area (Å²) < 4.78 is 0. The molecule has 0 aliphatic carbocycles. The average Bonchev–Trinajstić information content (AvgIpc) is 2.93. The third kappa shape index (κ3) is 7.37. The highest BCUT2D eigenvalue weighted by Crippen LogP contribution is 2.11. The van der Waals surface area contributed by atoms with Gasteiger partial charge >= 0.3 is 5.97 Å². The van der Waals surface area contributed by atoms with Crippen molar-refractivity contribution in [3.05, 3.63) is 71.3 Å². The Morgan fingerprint density at radius 1 is 0.600 bits per heavy atom. The summed E-state index contributed by atoms with van der Waals surface area (Å²) >= 11 is 0. The lowest BCUT2D eigenvalue weighted by Crippen LogP contribution is -2.48. The highest BCUT2D eigenvalue weighted by molar-refractivity contribution is 5.96. The van der Waals surface area contributed by atoms with Gasteiger partial charge in [-0.1, -0.05) is 32.0 Å². The van der Waals surface area contributed by atoms with Crippen LogP contribution >= 0.6 is 0 Å². The highest BCUT2D eigenvalue weighted by atomic mass is 16.4. The van der Waals surface area contributed by atoms with Gasteiger partial charge in [-0.15, -0.1) is 0 Å². The SMILES string of the molecule is CCN1CCN(C(=O)c2ccc(C(=O)O)cc2)CC1.CCN1CCN(C(=O)c2ccccc2)CC1. The molecule has 2 aliphatic rings. The number of hydrogen-bond acceptors (Lipinski definition) is 5. The Balaban J connectivity index is 0.000000198. The van der Waals surface area contributed by atoms with Crippen LogP contribution in [0, 0.1) is 0 Å². The van der Waals surface area contributed by atoms with Crippen LogP contribution in [0.25, 0.3) is 0 Å². The zero-order valence-corrected chi connectivity index (χ0v) is 20.7. The number of piperazine rings is 2. The number of benzene rings is 2. The van der Waals surface area contributed by atoms with Crippen LogP contribution in [0.1, 0.15) is 44.9 Å². The minimum absolute atomic E-state index is 0.0207. The molecule has 4 rings (SSSR count). The Morgan fingerprint density at radius 3 is 1.34 bits per heavy atom. The van der Waals surface area contributed by atoms with Gasteiger partial charge in [-0.2, -0.15) is 0 Å². The molecule has 2 saturated heterocycles. The molecular weight excluding hydrogens is 444 g/mol. The van der Waals surface area contributed by atoms with Crippen LogP contribution in [0.5, 0.6) is 0 Å². The predicted octanol–water partition coefficient (Wildman–Crippen LogP) is 2.63. The molecule has 2 fully saturated rings. The van der Waals surface area contributed by atoms with Crippen LogP contribution < -0.4 is 0 Å². The van der Waals surface area contributed by atoms with Crippen molar-refractivity contribution in [2.75, 3.05) is 65.4 Å². The van der Waals surface area contributed by atoms with Crippen molar-refractivity contribution in [1.29, 1.82) is 0 Å². The average molecular weight is 481 g/mol. The number of carbonyl (C=O) groups is 3. The minimum Gasteiger partial charge on any atom is -0.478 e. The molecule has 0 atom stereocenters. The van der Waals surface area contributed by atoms with Crippen molar-refractivity contribution in [3.8, 4) is 0 Å². The summed E-state index contributed by atoms with van der Waals surface area (Å²) in [5, 5.41) is 8.82. The maximum Gasteiger partial charge on any atom is 0.335 e. The Labute approximate surface area is 207 Å². The van der Waals surface area contributed by atoms with E-state index in [1.165, 1.54) is 12.1 Å². The van der Waals surface area contributed by atoms with Gasteiger partial charge in [0.25, 0.3) is 11.8 Å². The molecule has 0 aromatic heterocycles. The first-order chi connectivity index (χ1) is 16.9. The summed E-state index contributed by atoms with van der Waals surface area (Å²) in [6.45, 7) is 13.3. The number of rotatable bonds is 5. The number of carbonyl (C=O) groups excluding carboxylic acids is 2. The summed E-state index contributed by atoms with van der Waals surface area (Å²) in [6.07, 6.45) is 0. The Hall–Kier alpha value is -3.23. The first-order valence-electron chi connectivity index (χ1n) is 12.3. The van der Waals surface area contributed by atoms with Crippen LogP contribution in [0.3, 0.4) is 0 Å². The normalized spacial score (nSPS) is 16.9. The molecule has 2 aliphatic heterocycles. The lowest BCUT2D eigenvalue weighted by Gasteiger charge is -2.34. The summed E-state index contributed by atoms with van der Waals surface area (Å²) in [5.41, 5.74) is 1.55. The van der Waals surface area contributed by atoms with Crippen molar-refractivity contribution < 1.29 is 19.5 Å². The van der Waals surface area contributed by atoms with Gasteiger partial charge in [0.05, 0.1) is 5.56 Å². The van der Waals surface area contributed by atoms with Crippen LogP contribution in [-0.2, 0) is 0 Å². The van der Waals surface area contributed by atoms with Crippen molar-refractivity contribution in [1.82, 2.24) is 19.6 Å². The zero-order chi connectivity index (χ0) is 25.2. The number of carboxylic acids is 1. The van der Waals surface area contributed by atoms with Gasteiger partial charge in [0.15, 0.2) is 0 Å². The van der Waals surface area contributed by atoms with Gasteiger partial charge < -0.3 is 24.7 Å². The molecular formula is C27H36N4O4. The van der Waals surface area contributed by atoms with E-state index in [1.54, 1.807) is 12.1 Å². The first-order valence-corrected chi connectivity index (χ1v) is 12.3. The number of carboxylic acid groups (broad SMARTS) is 1. The molecule has 2 amide bonds. The monoisotopic (exact) mass is 480 g/mol. The number of amides is 2. The van der Waals surface area contributed by atoms with Crippen LogP contribution in [0.15, 0.2) is 54.6 Å². The van der Waals surface area contributed by atoms with Crippen molar-refractivity contribution in [3.63, 3.8) is 0 Å². The summed E-state index contributed by atoms with van der Waals surface area (Å²) in [4.78, 5) is 43.5. The second-order valence-electron chi connectivity index (χ2n) is 8.70. The van der Waals surface area contributed by atoms with E-state index < -0.39 is 5.97 Å². The molecule has 188 valence electrons. The Bertz CT molecular complexity index is 964. The Kier molecular flexibility index (Phi) is 9.81. The largest absolute Gasteiger partial charge is 0.478 e. The van der Waals surface area contributed by atoms with Gasteiger partial charge in [-0.05, 0) is 49.5 Å². The second kappa shape index (κ2) is 13.0. The molecule has 35 heavy (non-hydrogen) atoms. The van der Waals surface area contributed by atoms with Gasteiger partial charge in [0.1, 0.15) is 0 Å². The van der Waals surface area contributed by atoms with Crippen LogP contribution in [0.2, 0.25) is 0 Å². The standard InChI is InChI=1S/C14H18N2O3.C13H18N2O/c1-2-15-7-9-16(10-8-15)13(17)11-3-5-12(6-4-11)14(18)19;1-2-14-8-10-15(11-9-14)13(16)12-6-4-3-5-7-12/h3-6H,2,7-10H2,1H3,(H,18,19);3-7H,2,8-11H2,1H3. The fourth-order valence-corrected chi connectivity index (χ4v) is 4.24. The maximum atomic E-state index is 12.2. The van der Waals surface area contributed by atoms with Gasteiger partial charge in [-0.3, -0.25) is 9.59 Å². The van der Waals surface area contributed by atoms with E-state index >= 15 is 0 Å². The maximum absolute atomic E-state index is 12.2. The summed E-state index contributed by atoms with van der Waals surface area (Å²) in [7, 11) is 0. The second-order valence-corrected chi connectivity index (χ2v) is 8.70. The van der Waals surface area contributed by atoms with E-state index in [1.807, 2.05) is 40.1 Å². The first kappa shape index (κ1) is 26.4. The molecule has 2 aromatic rings. The third-order valence-corrected chi connectivity index (χ3v) is 6.61. The van der Waals surface area contributed by atoms with E-state index in [2.05, 4.69) is 23.6 Å². The van der Waals surface area contributed by atoms with E-state index in [0.29, 0.717) is 5.56 Å². The van der Waals surface area contributed by atoms with Gasteiger partial charge in [0, 0.05) is 63.5 Å². The predicted molar refractivity (Wildman–Crippen MR) is 136 cm³/mol. The molecule has 2 aromatic carbocycles. The number of hydrogen-bond donors (Lipinski definition) is 1. The topological polar surface area (TPSA) is 84.4 Å². The molecule has 1 N–H and O–H groups in total. The highest BCUT2D eigenvalue weighted by Gasteiger charge is 2.22. The number of nitrogens with zero attached hydrogens (tertiary/aromatic N) is 4. The zero-order valence-electron chi connectivity index (χ0n) is 20.7. The van der Waals surface area contributed by atoms with E-state index in [4.69, 9.17) is 5.11 Å². The van der Waals surface area contributed by atoms with Gasteiger partial charge in [-0.25, -0.2) is 4.79 Å². The van der Waals surface area contributed by atoms with Crippen molar-refractivity contribution in [2.45, 2.75) is 13.8 Å². The van der Waals surface area contributed by atoms with Crippen molar-refractivity contribution >= 4 is 17.8 Å².